The summed E-state index contributed by atoms with van der Waals surface area (Å²) in [6.07, 6.45) is -7.53. The molecule has 2 aromatic heterocycles. The summed E-state index contributed by atoms with van der Waals surface area (Å²) in [6, 6.07) is 7.85. The molecule has 32 heavy (non-hydrogen) atoms. The highest BCUT2D eigenvalue weighted by Gasteiger charge is 2.37. The molecule has 0 saturated carbocycles. The van der Waals surface area contributed by atoms with E-state index in [9.17, 15) is 35.9 Å². The Hall–Kier alpha value is -3.43. The predicted octanol–water partition coefficient (Wildman–Crippen LogP) is 5.22. The van der Waals surface area contributed by atoms with E-state index in [0.717, 1.165) is 53.2 Å². The zero-order chi connectivity index (χ0) is 23.7. The topological polar surface area (TPSA) is 52.0 Å². The Morgan fingerprint density at radius 1 is 0.969 bits per heavy atom. The standard InChI is InChI=1S/C22H16F6N2O2/c1-30-12-14(6-9-19(30)32)18(31)11-16(13-4-7-15(8-5-13)21(23,24)25)20-17(22(26,27)28)3-2-10-29-20/h2-10,12,16H,11H2,1H3/t16-/m0/s1. The van der Waals surface area contributed by atoms with Crippen molar-refractivity contribution in [1.82, 2.24) is 9.55 Å². The number of rotatable bonds is 5. The lowest BCUT2D eigenvalue weighted by Crippen LogP contribution is -2.19. The molecule has 0 spiro atoms. The van der Waals surface area contributed by atoms with Gasteiger partial charge >= 0.3 is 12.4 Å². The van der Waals surface area contributed by atoms with E-state index in [-0.39, 0.29) is 16.7 Å². The highest BCUT2D eigenvalue weighted by Crippen LogP contribution is 2.39. The first kappa shape index (κ1) is 23.2. The van der Waals surface area contributed by atoms with Crippen molar-refractivity contribution in [3.63, 3.8) is 0 Å². The number of carbonyl (C=O) groups excluding carboxylic acids is 1. The fourth-order valence-corrected chi connectivity index (χ4v) is 3.27. The summed E-state index contributed by atoms with van der Waals surface area (Å²) >= 11 is 0. The Morgan fingerprint density at radius 3 is 2.19 bits per heavy atom. The molecular weight excluding hydrogens is 438 g/mol. The molecule has 0 saturated heterocycles. The van der Waals surface area contributed by atoms with Crippen LogP contribution in [0.5, 0.6) is 0 Å². The van der Waals surface area contributed by atoms with Gasteiger partial charge in [0.25, 0.3) is 0 Å². The molecule has 10 heteroatoms. The van der Waals surface area contributed by atoms with Gasteiger partial charge in [-0.1, -0.05) is 12.1 Å². The number of halogens is 6. The van der Waals surface area contributed by atoms with Crippen LogP contribution in [0.3, 0.4) is 0 Å². The summed E-state index contributed by atoms with van der Waals surface area (Å²) in [7, 11) is 1.41. The molecule has 168 valence electrons. The fourth-order valence-electron chi connectivity index (χ4n) is 3.27. The normalized spacial score (nSPS) is 13.1. The van der Waals surface area contributed by atoms with Gasteiger partial charge in [-0.3, -0.25) is 14.6 Å². The Labute approximate surface area is 178 Å². The van der Waals surface area contributed by atoms with E-state index >= 15 is 0 Å². The fraction of sp³-hybridized carbons (Fsp3) is 0.227. The third-order valence-corrected chi connectivity index (χ3v) is 4.91. The molecule has 0 amide bonds. The largest absolute Gasteiger partial charge is 0.418 e. The highest BCUT2D eigenvalue weighted by atomic mass is 19.4. The number of alkyl halides is 6. The van der Waals surface area contributed by atoms with Gasteiger partial charge in [-0.15, -0.1) is 0 Å². The molecule has 4 nitrogen and oxygen atoms in total. The number of benzene rings is 1. The Bertz CT molecular complexity index is 1180. The first-order valence-electron chi connectivity index (χ1n) is 9.27. The van der Waals surface area contributed by atoms with Gasteiger partial charge in [0.15, 0.2) is 5.78 Å². The highest BCUT2D eigenvalue weighted by molar-refractivity contribution is 5.96. The van der Waals surface area contributed by atoms with Crippen LogP contribution >= 0.6 is 0 Å². The minimum atomic E-state index is -4.78. The number of Topliss-reactive ketones (excluding diaryl/α,β-unsaturated/α-hetero) is 1. The van der Waals surface area contributed by atoms with Crippen LogP contribution in [-0.2, 0) is 19.4 Å². The van der Waals surface area contributed by atoms with E-state index in [1.807, 2.05) is 0 Å². The molecule has 0 aliphatic heterocycles. The van der Waals surface area contributed by atoms with Gasteiger partial charge in [0.05, 0.1) is 16.8 Å². The molecule has 1 aromatic carbocycles. The van der Waals surface area contributed by atoms with Crippen LogP contribution in [-0.4, -0.2) is 15.3 Å². The predicted molar refractivity (Wildman–Crippen MR) is 103 cm³/mol. The zero-order valence-corrected chi connectivity index (χ0v) is 16.5. The van der Waals surface area contributed by atoms with Crippen LogP contribution < -0.4 is 5.56 Å². The smallest absolute Gasteiger partial charge is 0.318 e. The molecule has 0 fully saturated rings. The molecule has 0 N–H and O–H groups in total. The minimum absolute atomic E-state index is 0.0698. The molecule has 0 bridgehead atoms. The lowest BCUT2D eigenvalue weighted by atomic mass is 9.86. The average Bonchev–Trinajstić information content (AvgIpc) is 2.72. The maximum Gasteiger partial charge on any atom is 0.418 e. The van der Waals surface area contributed by atoms with E-state index in [2.05, 4.69) is 4.98 Å². The van der Waals surface area contributed by atoms with Crippen molar-refractivity contribution in [3.05, 3.63) is 99.2 Å². The first-order chi connectivity index (χ1) is 14.9. The Balaban J connectivity index is 2.09. The number of carbonyl (C=O) groups is 1. The maximum atomic E-state index is 13.6. The molecule has 0 aliphatic carbocycles. The Morgan fingerprint density at radius 2 is 1.62 bits per heavy atom. The van der Waals surface area contributed by atoms with Gasteiger partial charge < -0.3 is 4.57 Å². The van der Waals surface area contributed by atoms with Crippen LogP contribution in [0.2, 0.25) is 0 Å². The van der Waals surface area contributed by atoms with E-state index < -0.39 is 47.3 Å². The summed E-state index contributed by atoms with van der Waals surface area (Å²) in [5.74, 6) is -1.86. The van der Waals surface area contributed by atoms with Gasteiger partial charge in [0, 0.05) is 43.4 Å². The third-order valence-electron chi connectivity index (χ3n) is 4.91. The minimum Gasteiger partial charge on any atom is -0.318 e. The van der Waals surface area contributed by atoms with Gasteiger partial charge in [-0.2, -0.15) is 26.3 Å². The lowest BCUT2D eigenvalue weighted by molar-refractivity contribution is -0.139. The van der Waals surface area contributed by atoms with Crippen LogP contribution in [0.4, 0.5) is 26.3 Å². The van der Waals surface area contributed by atoms with Crippen molar-refractivity contribution in [3.8, 4) is 0 Å². The summed E-state index contributed by atoms with van der Waals surface area (Å²) in [5.41, 5.74) is -2.77. The van der Waals surface area contributed by atoms with Crippen molar-refractivity contribution < 1.29 is 31.1 Å². The van der Waals surface area contributed by atoms with E-state index in [4.69, 9.17) is 0 Å². The number of pyridine rings is 2. The molecule has 1 atom stereocenters. The van der Waals surface area contributed by atoms with E-state index in [1.165, 1.54) is 19.3 Å². The average molecular weight is 454 g/mol. The maximum absolute atomic E-state index is 13.6. The quantitative estimate of drug-likeness (QED) is 0.392. The molecule has 0 unspecified atom stereocenters. The SMILES string of the molecule is Cn1cc(C(=O)C[C@@H](c2ccc(C(F)(F)F)cc2)c2ncccc2C(F)(F)F)ccc1=O. The number of hydrogen-bond acceptors (Lipinski definition) is 3. The van der Waals surface area contributed by atoms with Crippen LogP contribution in [0, 0.1) is 0 Å². The van der Waals surface area contributed by atoms with Crippen molar-refractivity contribution in [2.24, 2.45) is 7.05 Å². The lowest BCUT2D eigenvalue weighted by Gasteiger charge is -2.21. The summed E-state index contributed by atoms with van der Waals surface area (Å²) in [6.45, 7) is 0. The van der Waals surface area contributed by atoms with Gasteiger partial charge in [0.1, 0.15) is 0 Å². The van der Waals surface area contributed by atoms with Gasteiger partial charge in [-0.25, -0.2) is 0 Å². The molecule has 0 radical (unpaired) electrons. The summed E-state index contributed by atoms with van der Waals surface area (Å²) < 4.78 is 80.7. The number of aryl methyl sites for hydroxylation is 1. The molecule has 0 aliphatic rings. The zero-order valence-electron chi connectivity index (χ0n) is 16.5. The second-order valence-electron chi connectivity index (χ2n) is 7.10. The molecular formula is C22H16F6N2O2. The van der Waals surface area contributed by atoms with Crippen molar-refractivity contribution >= 4 is 5.78 Å². The molecule has 3 aromatic rings. The van der Waals surface area contributed by atoms with E-state index in [0.29, 0.717) is 0 Å². The number of nitrogens with zero attached hydrogens (tertiary/aromatic N) is 2. The first-order valence-corrected chi connectivity index (χ1v) is 9.27. The second kappa shape index (κ2) is 8.60. The number of ketones is 1. The Kier molecular flexibility index (Phi) is 6.25. The summed E-state index contributed by atoms with van der Waals surface area (Å²) in [4.78, 5) is 28.2. The monoisotopic (exact) mass is 454 g/mol. The van der Waals surface area contributed by atoms with Gasteiger partial charge in [0.2, 0.25) is 5.56 Å². The molecule has 2 heterocycles. The number of aromatic nitrogens is 2. The summed E-state index contributed by atoms with van der Waals surface area (Å²) in [5, 5.41) is 0. The van der Waals surface area contributed by atoms with Crippen molar-refractivity contribution in [2.45, 2.75) is 24.7 Å². The second-order valence-corrected chi connectivity index (χ2v) is 7.10. The van der Waals surface area contributed by atoms with Crippen molar-refractivity contribution in [2.75, 3.05) is 0 Å². The molecule has 3 rings (SSSR count). The van der Waals surface area contributed by atoms with Gasteiger partial charge in [-0.05, 0) is 35.9 Å². The van der Waals surface area contributed by atoms with Crippen LogP contribution in [0.1, 0.15) is 45.1 Å². The van der Waals surface area contributed by atoms with Crippen molar-refractivity contribution in [1.29, 1.82) is 0 Å². The third kappa shape index (κ3) is 5.06. The van der Waals surface area contributed by atoms with E-state index in [1.54, 1.807) is 0 Å². The number of hydrogen-bond donors (Lipinski definition) is 0. The van der Waals surface area contributed by atoms with Crippen LogP contribution in [0.15, 0.2) is 65.7 Å². The van der Waals surface area contributed by atoms with Crippen LogP contribution in [0.25, 0.3) is 0 Å².